The normalized spacial score (nSPS) is 11.9. The molecule has 2 rings (SSSR count). The smallest absolute Gasteiger partial charge is 0.334 e. The van der Waals surface area contributed by atoms with Crippen LogP contribution in [0.1, 0.15) is 15.4 Å². The molecular weight excluding hydrogens is 304 g/mol. The molecule has 2 N–H and O–H groups in total. The number of nitrogens with zero attached hydrogens (tertiary/aromatic N) is 1. The number of aliphatic carboxylic acids is 1. The summed E-state index contributed by atoms with van der Waals surface area (Å²) in [6, 6.07) is 7.04. The van der Waals surface area contributed by atoms with Crippen LogP contribution in [0.15, 0.2) is 29.6 Å². The fraction of sp³-hybridized carbons (Fsp3) is 0.267. The Hall–Kier alpha value is -2.25. The average molecular weight is 320 g/mol. The van der Waals surface area contributed by atoms with Gasteiger partial charge in [0.2, 0.25) is 0 Å². The van der Waals surface area contributed by atoms with Gasteiger partial charge in [-0.3, -0.25) is 4.79 Å². The van der Waals surface area contributed by atoms with Crippen molar-refractivity contribution in [3.63, 3.8) is 0 Å². The quantitative estimate of drug-likeness (QED) is 0.849. The zero-order valence-corrected chi connectivity index (χ0v) is 13.0. The lowest BCUT2D eigenvalue weighted by Gasteiger charge is -2.11. The number of rotatable bonds is 6. The molecule has 0 bridgehead atoms. The molecule has 0 spiro atoms. The van der Waals surface area contributed by atoms with Gasteiger partial charge in [0.05, 0.1) is 17.2 Å². The summed E-state index contributed by atoms with van der Waals surface area (Å²) in [5, 5.41) is 14.3. The highest BCUT2D eigenvalue weighted by Gasteiger charge is 2.17. The van der Waals surface area contributed by atoms with Crippen molar-refractivity contribution in [2.24, 2.45) is 0 Å². The fourth-order valence-corrected chi connectivity index (χ4v) is 2.50. The zero-order chi connectivity index (χ0) is 16.1. The number of ether oxygens (including phenoxy) is 1. The Kier molecular flexibility index (Phi) is 5.24. The number of amides is 1. The molecule has 1 aromatic carbocycles. The van der Waals surface area contributed by atoms with Crippen molar-refractivity contribution >= 4 is 23.2 Å². The highest BCUT2D eigenvalue weighted by Crippen LogP contribution is 2.22. The van der Waals surface area contributed by atoms with E-state index < -0.39 is 12.1 Å². The van der Waals surface area contributed by atoms with Gasteiger partial charge in [0.25, 0.3) is 5.91 Å². The number of aromatic nitrogens is 1. The van der Waals surface area contributed by atoms with Crippen molar-refractivity contribution in [1.29, 1.82) is 0 Å². The van der Waals surface area contributed by atoms with Gasteiger partial charge in [-0.2, -0.15) is 0 Å². The monoisotopic (exact) mass is 320 g/mol. The van der Waals surface area contributed by atoms with Crippen LogP contribution in [0.5, 0.6) is 0 Å². The molecule has 7 heteroatoms. The summed E-state index contributed by atoms with van der Waals surface area (Å²) in [6.45, 7) is 1.83. The lowest BCUT2D eigenvalue weighted by Crippen LogP contribution is -2.37. The number of hydrogen-bond donors (Lipinski definition) is 2. The van der Waals surface area contributed by atoms with Gasteiger partial charge in [0.15, 0.2) is 6.10 Å². The molecule has 0 saturated heterocycles. The van der Waals surface area contributed by atoms with E-state index in [9.17, 15) is 9.59 Å². The van der Waals surface area contributed by atoms with E-state index in [1.807, 2.05) is 18.4 Å². The van der Waals surface area contributed by atoms with Crippen LogP contribution in [0.4, 0.5) is 0 Å². The SMILES string of the molecule is COC(CNC(=O)c1cccc(-c2csc(C)n2)c1)C(=O)O. The molecule has 1 aromatic heterocycles. The van der Waals surface area contributed by atoms with E-state index in [0.29, 0.717) is 5.56 Å². The highest BCUT2D eigenvalue weighted by molar-refractivity contribution is 7.09. The minimum atomic E-state index is -1.12. The molecule has 0 saturated carbocycles. The summed E-state index contributed by atoms with van der Waals surface area (Å²) in [7, 11) is 1.29. The molecule has 6 nitrogen and oxygen atoms in total. The van der Waals surface area contributed by atoms with Crippen LogP contribution in [0.3, 0.4) is 0 Å². The van der Waals surface area contributed by atoms with E-state index in [4.69, 9.17) is 9.84 Å². The van der Waals surface area contributed by atoms with E-state index in [2.05, 4.69) is 10.3 Å². The molecule has 0 fully saturated rings. The molecule has 1 heterocycles. The van der Waals surface area contributed by atoms with Crippen LogP contribution in [0.2, 0.25) is 0 Å². The summed E-state index contributed by atoms with van der Waals surface area (Å²) in [5.41, 5.74) is 2.11. The molecule has 1 unspecified atom stereocenters. The van der Waals surface area contributed by atoms with Gasteiger partial charge in [0.1, 0.15) is 0 Å². The first-order chi connectivity index (χ1) is 10.5. The predicted molar refractivity (Wildman–Crippen MR) is 83.1 cm³/mol. The van der Waals surface area contributed by atoms with Gasteiger partial charge in [-0.15, -0.1) is 11.3 Å². The third kappa shape index (κ3) is 3.90. The first-order valence-electron chi connectivity index (χ1n) is 6.57. The van der Waals surface area contributed by atoms with Gasteiger partial charge >= 0.3 is 5.97 Å². The van der Waals surface area contributed by atoms with Crippen LogP contribution in [-0.2, 0) is 9.53 Å². The third-order valence-corrected chi connectivity index (χ3v) is 3.82. The Bertz CT molecular complexity index is 684. The Labute approximate surface area is 131 Å². The number of carboxylic acids is 1. The van der Waals surface area contributed by atoms with E-state index in [-0.39, 0.29) is 12.5 Å². The Balaban J connectivity index is 2.09. The average Bonchev–Trinajstić information content (AvgIpc) is 2.94. The Morgan fingerprint density at radius 1 is 1.45 bits per heavy atom. The van der Waals surface area contributed by atoms with Gasteiger partial charge in [0, 0.05) is 23.6 Å². The van der Waals surface area contributed by atoms with Gasteiger partial charge in [-0.25, -0.2) is 9.78 Å². The summed E-state index contributed by atoms with van der Waals surface area (Å²) >= 11 is 1.54. The second-order valence-electron chi connectivity index (χ2n) is 4.61. The van der Waals surface area contributed by atoms with Crippen LogP contribution in [0.25, 0.3) is 11.3 Å². The molecule has 0 aliphatic carbocycles. The summed E-state index contributed by atoms with van der Waals surface area (Å²) < 4.78 is 4.77. The lowest BCUT2D eigenvalue weighted by molar-refractivity contribution is -0.148. The minimum absolute atomic E-state index is 0.0926. The third-order valence-electron chi connectivity index (χ3n) is 3.05. The topological polar surface area (TPSA) is 88.5 Å². The minimum Gasteiger partial charge on any atom is -0.479 e. The van der Waals surface area contributed by atoms with E-state index in [1.54, 1.807) is 29.5 Å². The van der Waals surface area contributed by atoms with Gasteiger partial charge < -0.3 is 15.2 Å². The Morgan fingerprint density at radius 3 is 2.82 bits per heavy atom. The number of aryl methyl sites for hydroxylation is 1. The maximum Gasteiger partial charge on any atom is 0.334 e. The number of nitrogens with one attached hydrogen (secondary N) is 1. The fourth-order valence-electron chi connectivity index (χ4n) is 1.87. The number of carbonyl (C=O) groups is 2. The highest BCUT2D eigenvalue weighted by atomic mass is 32.1. The number of carbonyl (C=O) groups excluding carboxylic acids is 1. The number of hydrogen-bond acceptors (Lipinski definition) is 5. The van der Waals surface area contributed by atoms with Gasteiger partial charge in [-0.05, 0) is 19.1 Å². The van der Waals surface area contributed by atoms with E-state index in [1.165, 1.54) is 7.11 Å². The number of carboxylic acid groups (broad SMARTS) is 1. The molecule has 2 aromatic rings. The second kappa shape index (κ2) is 7.15. The zero-order valence-electron chi connectivity index (χ0n) is 12.2. The summed E-state index contributed by atoms with van der Waals surface area (Å²) in [5.74, 6) is -1.47. The van der Waals surface area contributed by atoms with Crippen LogP contribution in [0, 0.1) is 6.92 Å². The van der Waals surface area contributed by atoms with Crippen LogP contribution >= 0.6 is 11.3 Å². The standard InChI is InChI=1S/C15H16N2O4S/c1-9-17-12(8-22-9)10-4-3-5-11(6-10)14(18)16-7-13(21-2)15(19)20/h3-6,8,13H,7H2,1-2H3,(H,16,18)(H,19,20). The van der Waals surface area contributed by atoms with Crippen LogP contribution in [-0.4, -0.2) is 41.7 Å². The largest absolute Gasteiger partial charge is 0.479 e. The molecule has 0 aliphatic rings. The van der Waals surface area contributed by atoms with Gasteiger partial charge in [-0.1, -0.05) is 12.1 Å². The van der Waals surface area contributed by atoms with Crippen molar-refractivity contribution in [1.82, 2.24) is 10.3 Å². The maximum absolute atomic E-state index is 12.1. The molecule has 1 atom stereocenters. The molecular formula is C15H16N2O4S. The van der Waals surface area contributed by atoms with Crippen molar-refractivity contribution in [3.05, 3.63) is 40.2 Å². The Morgan fingerprint density at radius 2 is 2.23 bits per heavy atom. The second-order valence-corrected chi connectivity index (χ2v) is 5.67. The maximum atomic E-state index is 12.1. The summed E-state index contributed by atoms with van der Waals surface area (Å²) in [4.78, 5) is 27.3. The first-order valence-corrected chi connectivity index (χ1v) is 7.45. The molecule has 22 heavy (non-hydrogen) atoms. The molecule has 0 aliphatic heterocycles. The van der Waals surface area contributed by atoms with Crippen molar-refractivity contribution in [3.8, 4) is 11.3 Å². The number of thiazole rings is 1. The van der Waals surface area contributed by atoms with Crippen molar-refractivity contribution in [2.45, 2.75) is 13.0 Å². The predicted octanol–water partition coefficient (Wildman–Crippen LogP) is 1.95. The van der Waals surface area contributed by atoms with Crippen LogP contribution < -0.4 is 5.32 Å². The van der Waals surface area contributed by atoms with Crippen molar-refractivity contribution < 1.29 is 19.4 Å². The molecule has 116 valence electrons. The first kappa shape index (κ1) is 16.1. The molecule has 0 radical (unpaired) electrons. The van der Waals surface area contributed by atoms with E-state index in [0.717, 1.165) is 16.3 Å². The van der Waals surface area contributed by atoms with E-state index >= 15 is 0 Å². The van der Waals surface area contributed by atoms with Crippen molar-refractivity contribution in [2.75, 3.05) is 13.7 Å². The summed E-state index contributed by atoms with van der Waals surface area (Å²) in [6.07, 6.45) is -1.06. The lowest BCUT2D eigenvalue weighted by atomic mass is 10.1. The number of benzene rings is 1. The molecule has 1 amide bonds. The number of methoxy groups -OCH3 is 1.